The van der Waals surface area contributed by atoms with Gasteiger partial charge in [-0.2, -0.15) is 0 Å². The van der Waals surface area contributed by atoms with Crippen molar-refractivity contribution in [3.05, 3.63) is 0 Å². The lowest BCUT2D eigenvalue weighted by molar-refractivity contribution is 0.00293. The molecule has 0 saturated heterocycles. The molecule has 0 aromatic carbocycles. The maximum atomic E-state index is 8.45. The molecule has 0 heterocycles. The summed E-state index contributed by atoms with van der Waals surface area (Å²) in [6.07, 6.45) is 1.99. The van der Waals surface area contributed by atoms with Crippen LogP contribution in [0.2, 0.25) is 0 Å². The maximum Gasteiger partial charge on any atom is 0.0644 e. The predicted octanol–water partition coefficient (Wildman–Crippen LogP) is 3.07. The number of hydrogen-bond acceptors (Lipinski definition) is 3. The molecule has 0 aromatic rings. The molecule has 0 aliphatic heterocycles. The lowest BCUT2D eigenvalue weighted by Gasteiger charge is -2.20. The van der Waals surface area contributed by atoms with Crippen LogP contribution in [0, 0.1) is 5.92 Å². The van der Waals surface area contributed by atoms with Crippen LogP contribution in [0.15, 0.2) is 0 Å². The molecule has 0 amide bonds. The smallest absolute Gasteiger partial charge is 0.0644 e. The first-order chi connectivity index (χ1) is 7.89. The van der Waals surface area contributed by atoms with Crippen LogP contribution in [0.3, 0.4) is 0 Å². The number of rotatable bonds is 6. The number of hydrogen-bond donors (Lipinski definition) is 2. The van der Waals surface area contributed by atoms with Crippen LogP contribution in [-0.2, 0) is 4.74 Å². The fraction of sp³-hybridized carbons (Fsp3) is 1.00. The first kappa shape index (κ1) is 22.1. The van der Waals surface area contributed by atoms with Crippen LogP contribution >= 0.6 is 0 Å². The SMILES string of the molecule is CC.CNCCC(C)C.COC(C)(C)CCO. The van der Waals surface area contributed by atoms with Gasteiger partial charge < -0.3 is 15.2 Å². The van der Waals surface area contributed by atoms with Crippen molar-refractivity contribution in [2.24, 2.45) is 5.92 Å². The summed E-state index contributed by atoms with van der Waals surface area (Å²) in [6, 6.07) is 0. The van der Waals surface area contributed by atoms with E-state index in [0.717, 1.165) is 12.5 Å². The normalized spacial score (nSPS) is 10.2. The quantitative estimate of drug-likeness (QED) is 0.760. The molecule has 108 valence electrons. The third-order valence-electron chi connectivity index (χ3n) is 2.24. The lowest BCUT2D eigenvalue weighted by Crippen LogP contribution is -2.23. The van der Waals surface area contributed by atoms with Gasteiger partial charge in [0, 0.05) is 13.7 Å². The number of aliphatic hydroxyl groups is 1. The molecule has 0 saturated carbocycles. The molecule has 17 heavy (non-hydrogen) atoms. The van der Waals surface area contributed by atoms with Gasteiger partial charge in [0.05, 0.1) is 5.60 Å². The zero-order valence-corrected chi connectivity index (χ0v) is 13.3. The Morgan fingerprint density at radius 3 is 1.82 bits per heavy atom. The Hall–Kier alpha value is -0.120. The van der Waals surface area contributed by atoms with Crippen LogP contribution < -0.4 is 5.32 Å². The predicted molar refractivity (Wildman–Crippen MR) is 77.5 cm³/mol. The molecule has 0 fully saturated rings. The molecule has 2 N–H and O–H groups in total. The van der Waals surface area contributed by atoms with Gasteiger partial charge in [-0.3, -0.25) is 0 Å². The second kappa shape index (κ2) is 15.9. The van der Waals surface area contributed by atoms with Crippen molar-refractivity contribution in [2.45, 2.75) is 60.0 Å². The Morgan fingerprint density at radius 2 is 1.71 bits per heavy atom. The van der Waals surface area contributed by atoms with E-state index in [1.807, 2.05) is 34.7 Å². The largest absolute Gasteiger partial charge is 0.396 e. The van der Waals surface area contributed by atoms with E-state index >= 15 is 0 Å². The Kier molecular flexibility index (Phi) is 20.6. The second-order valence-electron chi connectivity index (χ2n) is 4.72. The van der Waals surface area contributed by atoms with Gasteiger partial charge in [0.25, 0.3) is 0 Å². The van der Waals surface area contributed by atoms with Gasteiger partial charge in [-0.05, 0) is 46.2 Å². The van der Waals surface area contributed by atoms with Crippen LogP contribution in [0.4, 0.5) is 0 Å². The summed E-state index contributed by atoms with van der Waals surface area (Å²) in [7, 11) is 3.64. The van der Waals surface area contributed by atoms with Crippen molar-refractivity contribution in [2.75, 3.05) is 27.3 Å². The minimum Gasteiger partial charge on any atom is -0.396 e. The first-order valence-corrected chi connectivity index (χ1v) is 6.70. The summed E-state index contributed by atoms with van der Waals surface area (Å²) >= 11 is 0. The number of aliphatic hydroxyl groups excluding tert-OH is 1. The van der Waals surface area contributed by atoms with Crippen molar-refractivity contribution >= 4 is 0 Å². The summed E-state index contributed by atoms with van der Waals surface area (Å²) in [4.78, 5) is 0. The Balaban J connectivity index is -0.000000202. The minimum absolute atomic E-state index is 0.158. The molecule has 0 aliphatic rings. The molecule has 0 rings (SSSR count). The third kappa shape index (κ3) is 25.8. The molecular weight excluding hydrogens is 214 g/mol. The molecular formula is C14H35NO2. The van der Waals surface area contributed by atoms with Crippen molar-refractivity contribution in [3.63, 3.8) is 0 Å². The minimum atomic E-state index is -0.158. The topological polar surface area (TPSA) is 41.5 Å². The molecule has 0 aromatic heterocycles. The van der Waals surface area contributed by atoms with Gasteiger partial charge in [0.2, 0.25) is 0 Å². The third-order valence-corrected chi connectivity index (χ3v) is 2.24. The number of ether oxygens (including phenoxy) is 1. The van der Waals surface area contributed by atoms with E-state index in [0.29, 0.717) is 6.42 Å². The van der Waals surface area contributed by atoms with E-state index < -0.39 is 0 Å². The van der Waals surface area contributed by atoms with Gasteiger partial charge in [-0.25, -0.2) is 0 Å². The van der Waals surface area contributed by atoms with Crippen LogP contribution in [0.25, 0.3) is 0 Å². The molecule has 3 nitrogen and oxygen atoms in total. The van der Waals surface area contributed by atoms with Gasteiger partial charge >= 0.3 is 0 Å². The van der Waals surface area contributed by atoms with E-state index in [4.69, 9.17) is 9.84 Å². The fourth-order valence-corrected chi connectivity index (χ4v) is 0.804. The molecule has 0 unspecified atom stereocenters. The molecule has 3 heteroatoms. The summed E-state index contributed by atoms with van der Waals surface area (Å²) < 4.78 is 5.02. The van der Waals surface area contributed by atoms with E-state index in [1.54, 1.807) is 7.11 Å². The van der Waals surface area contributed by atoms with Gasteiger partial charge in [0.1, 0.15) is 0 Å². The molecule has 0 aliphatic carbocycles. The summed E-state index contributed by atoms with van der Waals surface area (Å²) in [5.41, 5.74) is -0.158. The average molecular weight is 249 g/mol. The molecule has 0 spiro atoms. The highest BCUT2D eigenvalue weighted by molar-refractivity contribution is 4.65. The van der Waals surface area contributed by atoms with E-state index in [-0.39, 0.29) is 12.2 Å². The van der Waals surface area contributed by atoms with Gasteiger partial charge in [-0.1, -0.05) is 27.7 Å². The van der Waals surface area contributed by atoms with Crippen molar-refractivity contribution in [1.29, 1.82) is 0 Å². The fourth-order valence-electron chi connectivity index (χ4n) is 0.804. The van der Waals surface area contributed by atoms with E-state index in [1.165, 1.54) is 6.42 Å². The van der Waals surface area contributed by atoms with Crippen LogP contribution in [0.5, 0.6) is 0 Å². The van der Waals surface area contributed by atoms with Crippen molar-refractivity contribution in [1.82, 2.24) is 5.32 Å². The van der Waals surface area contributed by atoms with Crippen LogP contribution in [0.1, 0.15) is 54.4 Å². The highest BCUT2D eigenvalue weighted by atomic mass is 16.5. The molecule has 0 bridgehead atoms. The first-order valence-electron chi connectivity index (χ1n) is 6.70. The zero-order chi connectivity index (χ0) is 14.3. The van der Waals surface area contributed by atoms with E-state index in [9.17, 15) is 0 Å². The van der Waals surface area contributed by atoms with Crippen molar-refractivity contribution in [3.8, 4) is 0 Å². The zero-order valence-electron chi connectivity index (χ0n) is 13.3. The Morgan fingerprint density at radius 1 is 1.24 bits per heavy atom. The number of nitrogens with one attached hydrogen (secondary N) is 1. The Bertz CT molecular complexity index is 125. The van der Waals surface area contributed by atoms with Crippen molar-refractivity contribution < 1.29 is 9.84 Å². The standard InChI is InChI=1S/C6H15N.C6H14O2.C2H6/c1-6(2)4-5-7-3;1-6(2,8-3)4-5-7;1-2/h6-7H,4-5H2,1-3H3;7H,4-5H2,1-3H3;1-2H3. The monoisotopic (exact) mass is 249 g/mol. The van der Waals surface area contributed by atoms with Crippen LogP contribution in [-0.4, -0.2) is 38.0 Å². The number of methoxy groups -OCH3 is 1. The highest BCUT2D eigenvalue weighted by Crippen LogP contribution is 2.10. The van der Waals surface area contributed by atoms with E-state index in [2.05, 4.69) is 19.2 Å². The summed E-state index contributed by atoms with van der Waals surface area (Å²) in [5.74, 6) is 0.840. The molecule has 0 radical (unpaired) electrons. The Labute approximate surface area is 109 Å². The van der Waals surface area contributed by atoms with Gasteiger partial charge in [0.15, 0.2) is 0 Å². The highest BCUT2D eigenvalue weighted by Gasteiger charge is 2.13. The lowest BCUT2D eigenvalue weighted by atomic mass is 10.1. The second-order valence-corrected chi connectivity index (χ2v) is 4.72. The average Bonchev–Trinajstić information content (AvgIpc) is 2.30. The van der Waals surface area contributed by atoms with Gasteiger partial charge in [-0.15, -0.1) is 0 Å². The summed E-state index contributed by atoms with van der Waals surface area (Å²) in [5, 5.41) is 11.6. The molecule has 0 atom stereocenters. The maximum absolute atomic E-state index is 8.45. The summed E-state index contributed by atoms with van der Waals surface area (Å²) in [6.45, 7) is 13.7.